The third-order valence-electron chi connectivity index (χ3n) is 4.97. The molecule has 2 aromatic rings. The molecule has 0 amide bonds. The van der Waals surface area contributed by atoms with Gasteiger partial charge < -0.3 is 13.9 Å². The fourth-order valence-electron chi connectivity index (χ4n) is 3.82. The summed E-state index contributed by atoms with van der Waals surface area (Å²) >= 11 is 0. The molecule has 1 atom stereocenters. The molecular formula is C22H30O3Si. The Kier molecular flexibility index (Phi) is 5.40. The molecule has 0 saturated carbocycles. The molecule has 26 heavy (non-hydrogen) atoms. The van der Waals surface area contributed by atoms with E-state index in [0.29, 0.717) is 13.2 Å². The standard InChI is InChI=1S/C22H30O3Si/c1-21(2,3)26(19-12-8-6-9-13-19,20-14-10-7-11-15-20)24-17-18-16-23-22(4,5)25-18/h6-15,18H,16-17H2,1-5H3/t18-/m1/s1. The van der Waals surface area contributed by atoms with Gasteiger partial charge in [0.25, 0.3) is 8.32 Å². The molecule has 1 saturated heterocycles. The Hall–Kier alpha value is -1.46. The van der Waals surface area contributed by atoms with Crippen LogP contribution >= 0.6 is 0 Å². The summed E-state index contributed by atoms with van der Waals surface area (Å²) < 4.78 is 18.6. The summed E-state index contributed by atoms with van der Waals surface area (Å²) in [5.74, 6) is -0.528. The summed E-state index contributed by atoms with van der Waals surface area (Å²) in [6.45, 7) is 11.9. The Labute approximate surface area is 158 Å². The van der Waals surface area contributed by atoms with Gasteiger partial charge in [0, 0.05) is 0 Å². The zero-order valence-electron chi connectivity index (χ0n) is 16.5. The average Bonchev–Trinajstić information content (AvgIpc) is 2.95. The van der Waals surface area contributed by atoms with Crippen LogP contribution in [0, 0.1) is 0 Å². The first-order chi connectivity index (χ1) is 12.2. The molecule has 3 nitrogen and oxygen atoms in total. The predicted molar refractivity (Wildman–Crippen MR) is 108 cm³/mol. The van der Waals surface area contributed by atoms with Gasteiger partial charge in [-0.2, -0.15) is 0 Å². The molecule has 1 aliphatic rings. The Balaban J connectivity index is 2.01. The second-order valence-corrected chi connectivity index (χ2v) is 12.7. The van der Waals surface area contributed by atoms with Crippen LogP contribution in [0.3, 0.4) is 0 Å². The number of rotatable bonds is 5. The number of hydrogen-bond donors (Lipinski definition) is 0. The first kappa shape index (κ1) is 19.3. The fourth-order valence-corrected chi connectivity index (χ4v) is 8.42. The largest absolute Gasteiger partial charge is 0.405 e. The maximum atomic E-state index is 6.88. The molecular weight excluding hydrogens is 340 g/mol. The van der Waals surface area contributed by atoms with Crippen molar-refractivity contribution >= 4 is 18.7 Å². The van der Waals surface area contributed by atoms with Crippen molar-refractivity contribution in [1.29, 1.82) is 0 Å². The van der Waals surface area contributed by atoms with E-state index < -0.39 is 14.1 Å². The minimum Gasteiger partial charge on any atom is -0.405 e. The van der Waals surface area contributed by atoms with E-state index in [1.807, 2.05) is 13.8 Å². The second-order valence-electron chi connectivity index (χ2n) is 8.42. The van der Waals surface area contributed by atoms with Crippen molar-refractivity contribution in [2.24, 2.45) is 0 Å². The van der Waals surface area contributed by atoms with Crippen molar-refractivity contribution < 1.29 is 13.9 Å². The van der Waals surface area contributed by atoms with Gasteiger partial charge >= 0.3 is 0 Å². The van der Waals surface area contributed by atoms with E-state index >= 15 is 0 Å². The summed E-state index contributed by atoms with van der Waals surface area (Å²) in [7, 11) is -2.50. The van der Waals surface area contributed by atoms with Crippen molar-refractivity contribution in [3.05, 3.63) is 60.7 Å². The maximum absolute atomic E-state index is 6.88. The predicted octanol–water partition coefficient (Wildman–Crippen LogP) is 3.71. The van der Waals surface area contributed by atoms with E-state index in [0.717, 1.165) is 0 Å². The third-order valence-corrected chi connectivity index (χ3v) is 9.97. The van der Waals surface area contributed by atoms with Crippen LogP contribution in [0.5, 0.6) is 0 Å². The van der Waals surface area contributed by atoms with E-state index in [1.54, 1.807) is 0 Å². The van der Waals surface area contributed by atoms with E-state index in [2.05, 4.69) is 81.4 Å². The Morgan fingerprint density at radius 1 is 0.962 bits per heavy atom. The van der Waals surface area contributed by atoms with E-state index in [9.17, 15) is 0 Å². The average molecular weight is 371 g/mol. The van der Waals surface area contributed by atoms with Crippen LogP contribution in [0.1, 0.15) is 34.6 Å². The lowest BCUT2D eigenvalue weighted by molar-refractivity contribution is -0.141. The normalized spacial score (nSPS) is 20.3. The number of hydrogen-bond acceptors (Lipinski definition) is 3. The Morgan fingerprint density at radius 3 is 1.85 bits per heavy atom. The highest BCUT2D eigenvalue weighted by molar-refractivity contribution is 6.99. The Bertz CT molecular complexity index is 668. The highest BCUT2D eigenvalue weighted by Crippen LogP contribution is 2.37. The molecule has 1 heterocycles. The van der Waals surface area contributed by atoms with Crippen molar-refractivity contribution in [2.45, 2.75) is 51.5 Å². The lowest BCUT2D eigenvalue weighted by Crippen LogP contribution is -2.67. The van der Waals surface area contributed by atoms with Gasteiger partial charge in [-0.1, -0.05) is 81.4 Å². The Morgan fingerprint density at radius 2 is 1.46 bits per heavy atom. The van der Waals surface area contributed by atoms with Crippen LogP contribution in [0.2, 0.25) is 5.04 Å². The number of benzene rings is 2. The summed E-state index contributed by atoms with van der Waals surface area (Å²) in [5, 5.41) is 2.55. The lowest BCUT2D eigenvalue weighted by atomic mass is 10.2. The summed E-state index contributed by atoms with van der Waals surface area (Å²) in [6, 6.07) is 21.4. The topological polar surface area (TPSA) is 27.7 Å². The van der Waals surface area contributed by atoms with Crippen molar-refractivity contribution in [3.63, 3.8) is 0 Å². The molecule has 2 aromatic carbocycles. The first-order valence-corrected chi connectivity index (χ1v) is 11.2. The van der Waals surface area contributed by atoms with Crippen molar-refractivity contribution in [1.82, 2.24) is 0 Å². The molecule has 0 aliphatic carbocycles. The zero-order valence-corrected chi connectivity index (χ0v) is 17.5. The van der Waals surface area contributed by atoms with Crippen molar-refractivity contribution in [3.8, 4) is 0 Å². The first-order valence-electron chi connectivity index (χ1n) is 9.31. The molecule has 3 rings (SSSR count). The molecule has 0 radical (unpaired) electrons. The minimum absolute atomic E-state index is 0.0231. The monoisotopic (exact) mass is 370 g/mol. The molecule has 0 bridgehead atoms. The molecule has 140 valence electrons. The summed E-state index contributed by atoms with van der Waals surface area (Å²) in [5.41, 5.74) is 0. The van der Waals surface area contributed by atoms with Gasteiger partial charge in [-0.15, -0.1) is 0 Å². The van der Waals surface area contributed by atoms with Gasteiger partial charge in [0.2, 0.25) is 0 Å². The molecule has 0 spiro atoms. The van der Waals surface area contributed by atoms with Gasteiger partial charge in [0.15, 0.2) is 5.79 Å². The molecule has 1 fully saturated rings. The van der Waals surface area contributed by atoms with E-state index in [4.69, 9.17) is 13.9 Å². The van der Waals surface area contributed by atoms with Crippen LogP contribution in [0.15, 0.2) is 60.7 Å². The van der Waals surface area contributed by atoms with Gasteiger partial charge in [0.05, 0.1) is 13.2 Å². The van der Waals surface area contributed by atoms with Crippen LogP contribution in [0.4, 0.5) is 0 Å². The summed E-state index contributed by atoms with van der Waals surface area (Å²) in [6.07, 6.45) is -0.0355. The van der Waals surface area contributed by atoms with Crippen LogP contribution in [-0.2, 0) is 13.9 Å². The second kappa shape index (κ2) is 7.28. The summed E-state index contributed by atoms with van der Waals surface area (Å²) in [4.78, 5) is 0. The van der Waals surface area contributed by atoms with E-state index in [1.165, 1.54) is 10.4 Å². The quantitative estimate of drug-likeness (QED) is 0.751. The smallest absolute Gasteiger partial charge is 0.261 e. The van der Waals surface area contributed by atoms with Crippen LogP contribution in [0.25, 0.3) is 0 Å². The van der Waals surface area contributed by atoms with Crippen LogP contribution in [-0.4, -0.2) is 33.4 Å². The van der Waals surface area contributed by atoms with E-state index in [-0.39, 0.29) is 11.1 Å². The molecule has 0 aromatic heterocycles. The molecule has 1 aliphatic heterocycles. The van der Waals surface area contributed by atoms with Gasteiger partial charge in [-0.25, -0.2) is 0 Å². The van der Waals surface area contributed by atoms with Gasteiger partial charge in [-0.05, 0) is 29.3 Å². The molecule has 0 unspecified atom stereocenters. The zero-order chi connectivity index (χ0) is 18.8. The molecule has 4 heteroatoms. The highest BCUT2D eigenvalue weighted by Gasteiger charge is 2.50. The highest BCUT2D eigenvalue weighted by atomic mass is 28.4. The fraction of sp³-hybridized carbons (Fsp3) is 0.455. The van der Waals surface area contributed by atoms with Crippen LogP contribution < -0.4 is 10.4 Å². The van der Waals surface area contributed by atoms with Crippen molar-refractivity contribution in [2.75, 3.05) is 13.2 Å². The van der Waals surface area contributed by atoms with Gasteiger partial charge in [-0.3, -0.25) is 0 Å². The third kappa shape index (κ3) is 3.79. The maximum Gasteiger partial charge on any atom is 0.261 e. The SMILES string of the molecule is CC1(C)OC[C@H](CO[Si](c2ccccc2)(c2ccccc2)C(C)(C)C)O1. The van der Waals surface area contributed by atoms with Gasteiger partial charge in [0.1, 0.15) is 6.10 Å². The number of ether oxygens (including phenoxy) is 2. The lowest BCUT2D eigenvalue weighted by Gasteiger charge is -2.43. The minimum atomic E-state index is -2.50. The molecule has 0 N–H and O–H groups in total.